The van der Waals surface area contributed by atoms with Crippen LogP contribution in [0.15, 0.2) is 6.07 Å². The van der Waals surface area contributed by atoms with E-state index in [-0.39, 0.29) is 16.9 Å². The van der Waals surface area contributed by atoms with Crippen molar-refractivity contribution in [3.05, 3.63) is 28.0 Å². The molecule has 0 aromatic heterocycles. The molecule has 1 aliphatic rings. The zero-order valence-electron chi connectivity index (χ0n) is 9.85. The molecule has 0 amide bonds. The number of methoxy groups -OCH3 is 1. The second-order valence-corrected chi connectivity index (χ2v) is 4.38. The Hall–Kier alpha value is -0.840. The van der Waals surface area contributed by atoms with Gasteiger partial charge in [-0.05, 0) is 18.6 Å². The standard InChI is InChI=1S/C12H15ClFNO2/c1-7-9(14)5-8(13)12(16-2)11(7)10-6-15-3-4-17-10/h5,10,15H,3-4,6H2,1-2H3. The first-order chi connectivity index (χ1) is 8.15. The first kappa shape index (κ1) is 12.6. The van der Waals surface area contributed by atoms with E-state index in [1.807, 2.05) is 0 Å². The summed E-state index contributed by atoms with van der Waals surface area (Å²) >= 11 is 5.99. The van der Waals surface area contributed by atoms with Crippen LogP contribution < -0.4 is 10.1 Å². The van der Waals surface area contributed by atoms with E-state index >= 15 is 0 Å². The molecule has 17 heavy (non-hydrogen) atoms. The summed E-state index contributed by atoms with van der Waals surface area (Å²) in [5.41, 5.74) is 1.23. The molecule has 0 saturated carbocycles. The number of halogens is 2. The average molecular weight is 260 g/mol. The monoisotopic (exact) mass is 259 g/mol. The van der Waals surface area contributed by atoms with Crippen molar-refractivity contribution >= 4 is 11.6 Å². The molecule has 1 aromatic rings. The molecule has 1 unspecified atom stereocenters. The van der Waals surface area contributed by atoms with Gasteiger partial charge in [0.15, 0.2) is 0 Å². The lowest BCUT2D eigenvalue weighted by molar-refractivity contribution is 0.0256. The van der Waals surface area contributed by atoms with E-state index in [4.69, 9.17) is 21.1 Å². The molecule has 1 aliphatic heterocycles. The van der Waals surface area contributed by atoms with Crippen molar-refractivity contribution in [3.63, 3.8) is 0 Å². The van der Waals surface area contributed by atoms with Crippen molar-refractivity contribution in [1.29, 1.82) is 0 Å². The molecule has 1 heterocycles. The van der Waals surface area contributed by atoms with Gasteiger partial charge >= 0.3 is 0 Å². The van der Waals surface area contributed by atoms with E-state index in [1.165, 1.54) is 13.2 Å². The number of benzene rings is 1. The summed E-state index contributed by atoms with van der Waals surface area (Å²) in [7, 11) is 1.53. The van der Waals surface area contributed by atoms with Gasteiger partial charge < -0.3 is 14.8 Å². The van der Waals surface area contributed by atoms with Crippen LogP contribution in [-0.2, 0) is 4.74 Å². The average Bonchev–Trinajstić information content (AvgIpc) is 2.34. The maximum Gasteiger partial charge on any atom is 0.143 e. The molecular weight excluding hydrogens is 245 g/mol. The summed E-state index contributed by atoms with van der Waals surface area (Å²) in [5.74, 6) is 0.166. The second kappa shape index (κ2) is 5.21. The summed E-state index contributed by atoms with van der Waals surface area (Å²) in [6.45, 7) is 3.75. The summed E-state index contributed by atoms with van der Waals surface area (Å²) in [6, 6.07) is 1.27. The number of ether oxygens (including phenoxy) is 2. The first-order valence-corrected chi connectivity index (χ1v) is 5.87. The van der Waals surface area contributed by atoms with E-state index in [9.17, 15) is 4.39 Å². The minimum atomic E-state index is -0.333. The van der Waals surface area contributed by atoms with Crippen LogP contribution in [0.25, 0.3) is 0 Å². The molecule has 1 fully saturated rings. The largest absolute Gasteiger partial charge is 0.495 e. The summed E-state index contributed by atoms with van der Waals surface area (Å²) in [6.07, 6.45) is -0.216. The normalized spacial score (nSPS) is 20.4. The van der Waals surface area contributed by atoms with Gasteiger partial charge in [0.25, 0.3) is 0 Å². The third kappa shape index (κ3) is 2.39. The van der Waals surface area contributed by atoms with E-state index in [0.717, 1.165) is 6.54 Å². The highest BCUT2D eigenvalue weighted by molar-refractivity contribution is 6.32. The summed E-state index contributed by atoms with van der Waals surface area (Å²) in [4.78, 5) is 0. The Morgan fingerprint density at radius 1 is 1.59 bits per heavy atom. The molecule has 0 aliphatic carbocycles. The van der Waals surface area contributed by atoms with Crippen LogP contribution in [0.5, 0.6) is 5.75 Å². The minimum absolute atomic E-state index is 0.216. The van der Waals surface area contributed by atoms with Crippen LogP contribution in [0.1, 0.15) is 17.2 Å². The molecule has 94 valence electrons. The maximum atomic E-state index is 13.7. The molecular formula is C12H15ClFNO2. The molecule has 1 N–H and O–H groups in total. The number of hydrogen-bond donors (Lipinski definition) is 1. The molecule has 3 nitrogen and oxygen atoms in total. The van der Waals surface area contributed by atoms with Gasteiger partial charge in [-0.3, -0.25) is 0 Å². The molecule has 2 rings (SSSR count). The number of morpholine rings is 1. The predicted octanol–water partition coefficient (Wildman–Crippen LogP) is 2.46. The van der Waals surface area contributed by atoms with Crippen molar-refractivity contribution in [2.24, 2.45) is 0 Å². The lowest BCUT2D eigenvalue weighted by atomic mass is 10.0. The Morgan fingerprint density at radius 3 is 2.94 bits per heavy atom. The van der Waals surface area contributed by atoms with Crippen molar-refractivity contribution in [2.45, 2.75) is 13.0 Å². The Morgan fingerprint density at radius 2 is 2.35 bits per heavy atom. The van der Waals surface area contributed by atoms with Gasteiger partial charge in [0.05, 0.1) is 24.8 Å². The fourth-order valence-electron chi connectivity index (χ4n) is 2.06. The molecule has 0 bridgehead atoms. The smallest absolute Gasteiger partial charge is 0.143 e. The Bertz CT molecular complexity index is 419. The van der Waals surface area contributed by atoms with Crippen LogP contribution >= 0.6 is 11.6 Å². The van der Waals surface area contributed by atoms with Crippen molar-refractivity contribution in [1.82, 2.24) is 5.32 Å². The van der Waals surface area contributed by atoms with Crippen molar-refractivity contribution < 1.29 is 13.9 Å². The molecule has 1 saturated heterocycles. The topological polar surface area (TPSA) is 30.5 Å². The molecule has 0 radical (unpaired) electrons. The Labute approximate surface area is 105 Å². The van der Waals surface area contributed by atoms with E-state index in [2.05, 4.69) is 5.32 Å². The van der Waals surface area contributed by atoms with Gasteiger partial charge in [-0.15, -0.1) is 0 Å². The van der Waals surface area contributed by atoms with Gasteiger partial charge in [0.1, 0.15) is 11.6 Å². The van der Waals surface area contributed by atoms with Gasteiger partial charge in [-0.25, -0.2) is 4.39 Å². The first-order valence-electron chi connectivity index (χ1n) is 5.50. The zero-order valence-corrected chi connectivity index (χ0v) is 10.6. The molecule has 5 heteroatoms. The lowest BCUT2D eigenvalue weighted by Gasteiger charge is -2.27. The zero-order chi connectivity index (χ0) is 12.4. The third-order valence-corrected chi connectivity index (χ3v) is 3.21. The fourth-order valence-corrected chi connectivity index (χ4v) is 2.33. The van der Waals surface area contributed by atoms with Crippen molar-refractivity contribution in [3.8, 4) is 5.75 Å². The van der Waals surface area contributed by atoms with Crippen molar-refractivity contribution in [2.75, 3.05) is 26.8 Å². The van der Waals surface area contributed by atoms with Crippen LogP contribution in [0.2, 0.25) is 5.02 Å². The van der Waals surface area contributed by atoms with Crippen LogP contribution in [-0.4, -0.2) is 26.8 Å². The van der Waals surface area contributed by atoms with Crippen LogP contribution in [0, 0.1) is 12.7 Å². The Kier molecular flexibility index (Phi) is 3.86. The SMILES string of the molecule is COc1c(Cl)cc(F)c(C)c1C1CNCCO1. The number of rotatable bonds is 2. The molecule has 1 atom stereocenters. The van der Waals surface area contributed by atoms with Crippen LogP contribution in [0.4, 0.5) is 4.39 Å². The number of nitrogens with one attached hydrogen (secondary N) is 1. The highest BCUT2D eigenvalue weighted by Crippen LogP contribution is 2.38. The van der Waals surface area contributed by atoms with Gasteiger partial charge in [-0.2, -0.15) is 0 Å². The third-order valence-electron chi connectivity index (χ3n) is 2.93. The van der Waals surface area contributed by atoms with Gasteiger partial charge in [0.2, 0.25) is 0 Å². The van der Waals surface area contributed by atoms with E-state index < -0.39 is 0 Å². The predicted molar refractivity (Wildman–Crippen MR) is 64.3 cm³/mol. The quantitative estimate of drug-likeness (QED) is 0.885. The minimum Gasteiger partial charge on any atom is -0.495 e. The Balaban J connectivity index is 2.48. The highest BCUT2D eigenvalue weighted by atomic mass is 35.5. The van der Waals surface area contributed by atoms with Gasteiger partial charge in [-0.1, -0.05) is 11.6 Å². The summed E-state index contributed by atoms with van der Waals surface area (Å²) in [5, 5.41) is 3.48. The van der Waals surface area contributed by atoms with Gasteiger partial charge in [0, 0.05) is 18.7 Å². The number of hydrogen-bond acceptors (Lipinski definition) is 3. The van der Waals surface area contributed by atoms with E-state index in [0.29, 0.717) is 30.0 Å². The summed E-state index contributed by atoms with van der Waals surface area (Å²) < 4.78 is 24.6. The highest BCUT2D eigenvalue weighted by Gasteiger charge is 2.25. The fraction of sp³-hybridized carbons (Fsp3) is 0.500. The maximum absolute atomic E-state index is 13.7. The molecule has 0 spiro atoms. The lowest BCUT2D eigenvalue weighted by Crippen LogP contribution is -2.34. The van der Waals surface area contributed by atoms with Crippen LogP contribution in [0.3, 0.4) is 0 Å². The molecule has 1 aromatic carbocycles. The van der Waals surface area contributed by atoms with E-state index in [1.54, 1.807) is 6.92 Å². The second-order valence-electron chi connectivity index (χ2n) is 3.98.